The standard InChI is InChI=1S/C8H13Si.Zr.3H/c1-9(2,3)8-6-4-5-7-8;;;;/h6-7H,4H2,1-3H3;;;;/q;+3;3*-1. The summed E-state index contributed by atoms with van der Waals surface area (Å²) in [6.07, 6.45) is 6.05. The molecule has 0 aliphatic heterocycles. The zero-order valence-electron chi connectivity index (χ0n) is 9.86. The third kappa shape index (κ3) is 2.03. The summed E-state index contributed by atoms with van der Waals surface area (Å²) in [6.45, 7) is 7.22. The summed E-state index contributed by atoms with van der Waals surface area (Å²) < 4.78 is 1.62. The van der Waals surface area contributed by atoms with Crippen LogP contribution >= 0.6 is 0 Å². The van der Waals surface area contributed by atoms with E-state index in [1.807, 2.05) is 0 Å². The van der Waals surface area contributed by atoms with Gasteiger partial charge in [-0.05, 0) is 0 Å². The van der Waals surface area contributed by atoms with Crippen LogP contribution in [0.5, 0.6) is 0 Å². The minimum atomic E-state index is -0.967. The van der Waals surface area contributed by atoms with Crippen molar-refractivity contribution in [2.75, 3.05) is 0 Å². The fraction of sp³-hybridized carbons (Fsp3) is 0.500. The van der Waals surface area contributed by atoms with Gasteiger partial charge in [-0.1, -0.05) is 0 Å². The normalized spacial score (nSPS) is 18.9. The van der Waals surface area contributed by atoms with Crippen LogP contribution in [0.3, 0.4) is 0 Å². The Kier molecular flexibility index (Phi) is 2.52. The minimum Gasteiger partial charge on any atom is -1.00 e. The molecule has 0 nitrogen and oxygen atoms in total. The topological polar surface area (TPSA) is 0 Å². The summed E-state index contributed by atoms with van der Waals surface area (Å²) in [5, 5.41) is 1.65. The minimum absolute atomic E-state index is 0. The van der Waals surface area contributed by atoms with E-state index in [1.54, 1.807) is 33.2 Å². The summed E-state index contributed by atoms with van der Waals surface area (Å²) in [6, 6.07) is 0. The van der Waals surface area contributed by atoms with Crippen LogP contribution in [-0.2, 0) is 24.7 Å². The molecule has 0 amide bonds. The molecule has 0 atom stereocenters. The average molecular weight is 232 g/mol. The Morgan fingerprint density at radius 2 is 2.10 bits per heavy atom. The van der Waals surface area contributed by atoms with Crippen LogP contribution in [0.2, 0.25) is 19.6 Å². The van der Waals surface area contributed by atoms with Gasteiger partial charge in [0.1, 0.15) is 0 Å². The summed E-state index contributed by atoms with van der Waals surface area (Å²) in [4.78, 5) is 0. The third-order valence-corrected chi connectivity index (χ3v) is 4.67. The molecule has 0 saturated heterocycles. The molecule has 56 valence electrons. The number of allylic oxidation sites excluding steroid dienone is 4. The SMILES string of the molecule is C[Si](C)(C)C1=CC[C]([Zr+3])=C1.[H-].[H-].[H-]. The molecule has 0 aromatic heterocycles. The average Bonchev–Trinajstić information content (AvgIpc) is 2.11. The first-order valence-electron chi connectivity index (χ1n) is 3.63. The molecule has 0 saturated carbocycles. The molecule has 0 unspecified atom stereocenters. The van der Waals surface area contributed by atoms with Crippen LogP contribution in [0, 0.1) is 0 Å². The van der Waals surface area contributed by atoms with Gasteiger partial charge < -0.3 is 4.28 Å². The number of hydrogen-bond acceptors (Lipinski definition) is 0. The molecule has 2 heteroatoms. The third-order valence-electron chi connectivity index (χ3n) is 1.74. The molecule has 1 aliphatic rings. The summed E-state index contributed by atoms with van der Waals surface area (Å²) in [5.74, 6) is 0. The second-order valence-electron chi connectivity index (χ2n) is 3.78. The van der Waals surface area contributed by atoms with Crippen LogP contribution in [0.4, 0.5) is 0 Å². The molecule has 1 aliphatic carbocycles. The first-order chi connectivity index (χ1) is 4.50. The van der Waals surface area contributed by atoms with Crippen molar-refractivity contribution in [2.24, 2.45) is 0 Å². The van der Waals surface area contributed by atoms with Crippen molar-refractivity contribution < 1.29 is 29.0 Å². The van der Waals surface area contributed by atoms with Crippen LogP contribution in [-0.4, -0.2) is 8.07 Å². The van der Waals surface area contributed by atoms with Crippen molar-refractivity contribution in [2.45, 2.75) is 26.1 Å². The molecule has 10 heavy (non-hydrogen) atoms. The summed E-state index contributed by atoms with van der Waals surface area (Å²) >= 11 is 1.59. The Morgan fingerprint density at radius 3 is 2.30 bits per heavy atom. The van der Waals surface area contributed by atoms with Gasteiger partial charge in [0.25, 0.3) is 0 Å². The maximum Gasteiger partial charge on any atom is -1.00 e. The predicted octanol–water partition coefficient (Wildman–Crippen LogP) is 2.96. The van der Waals surface area contributed by atoms with E-state index in [0.29, 0.717) is 0 Å². The Hall–Kier alpha value is 0.580. The van der Waals surface area contributed by atoms with E-state index < -0.39 is 8.07 Å². The van der Waals surface area contributed by atoms with Crippen LogP contribution in [0.25, 0.3) is 0 Å². The zero-order chi connectivity index (χ0) is 7.78. The van der Waals surface area contributed by atoms with Crippen LogP contribution < -0.4 is 0 Å². The summed E-state index contributed by atoms with van der Waals surface area (Å²) in [5.41, 5.74) is 0. The fourth-order valence-electron chi connectivity index (χ4n) is 1.05. The second-order valence-corrected chi connectivity index (χ2v) is 10.4. The predicted molar refractivity (Wildman–Crippen MR) is 47.5 cm³/mol. The number of rotatable bonds is 1. The van der Waals surface area contributed by atoms with Gasteiger partial charge in [-0.25, -0.2) is 0 Å². The first kappa shape index (κ1) is 8.67. The molecule has 0 spiro atoms. The first-order valence-corrected chi connectivity index (χ1v) is 8.36. The zero-order valence-corrected chi connectivity index (χ0v) is 10.3. The molecule has 0 fully saturated rings. The van der Waals surface area contributed by atoms with E-state index in [0.717, 1.165) is 0 Å². The van der Waals surface area contributed by atoms with E-state index in [4.69, 9.17) is 0 Å². The summed E-state index contributed by atoms with van der Waals surface area (Å²) in [7, 11) is -0.967. The Morgan fingerprint density at radius 1 is 1.50 bits per heavy atom. The van der Waals surface area contributed by atoms with Crippen LogP contribution in [0.15, 0.2) is 20.6 Å². The molecule has 0 aromatic carbocycles. The Balaban J connectivity index is -0.000000333. The molecule has 1 rings (SSSR count). The second kappa shape index (κ2) is 2.91. The maximum atomic E-state index is 2.41. The monoisotopic (exact) mass is 230 g/mol. The molecular formula is C8H16SiZr. The van der Waals surface area contributed by atoms with Crippen molar-refractivity contribution in [1.82, 2.24) is 0 Å². The molecule has 0 bridgehead atoms. The van der Waals surface area contributed by atoms with Gasteiger partial charge in [0.05, 0.1) is 0 Å². The molecule has 0 radical (unpaired) electrons. The smallest absolute Gasteiger partial charge is 1.00 e. The van der Waals surface area contributed by atoms with Gasteiger partial charge in [0, 0.05) is 0 Å². The molecule has 0 N–H and O–H groups in total. The van der Waals surface area contributed by atoms with Gasteiger partial charge in [-0.3, -0.25) is 0 Å². The van der Waals surface area contributed by atoms with E-state index in [2.05, 4.69) is 31.8 Å². The Bertz CT molecular complexity index is 206. The quantitative estimate of drug-likeness (QED) is 0.609. The van der Waals surface area contributed by atoms with Crippen molar-refractivity contribution in [3.05, 3.63) is 20.6 Å². The molecule has 0 heterocycles. The van der Waals surface area contributed by atoms with E-state index in [9.17, 15) is 0 Å². The van der Waals surface area contributed by atoms with Gasteiger partial charge >= 0.3 is 79.5 Å². The fourth-order valence-corrected chi connectivity index (χ4v) is 3.36. The van der Waals surface area contributed by atoms with Gasteiger partial charge in [0.2, 0.25) is 0 Å². The van der Waals surface area contributed by atoms with Gasteiger partial charge in [-0.2, -0.15) is 0 Å². The molecule has 0 aromatic rings. The van der Waals surface area contributed by atoms with E-state index >= 15 is 0 Å². The van der Waals surface area contributed by atoms with Gasteiger partial charge in [-0.15, -0.1) is 0 Å². The van der Waals surface area contributed by atoms with E-state index in [-0.39, 0.29) is 4.28 Å². The molecular weight excluding hydrogens is 215 g/mol. The maximum absolute atomic E-state index is 2.41. The number of hydrogen-bond donors (Lipinski definition) is 0. The van der Waals surface area contributed by atoms with Crippen molar-refractivity contribution >= 4 is 8.07 Å². The van der Waals surface area contributed by atoms with Crippen molar-refractivity contribution in [1.29, 1.82) is 0 Å². The Labute approximate surface area is 83.7 Å². The van der Waals surface area contributed by atoms with Crippen molar-refractivity contribution in [3.8, 4) is 0 Å². The van der Waals surface area contributed by atoms with E-state index in [1.165, 1.54) is 6.42 Å². The van der Waals surface area contributed by atoms with Crippen molar-refractivity contribution in [3.63, 3.8) is 0 Å². The van der Waals surface area contributed by atoms with Gasteiger partial charge in [0.15, 0.2) is 0 Å². The largest absolute Gasteiger partial charge is 1.00 e. The van der Waals surface area contributed by atoms with Crippen LogP contribution in [0.1, 0.15) is 10.7 Å².